The Balaban J connectivity index is 2.18. The summed E-state index contributed by atoms with van der Waals surface area (Å²) in [7, 11) is -4.68. The molecular weight excluding hydrogens is 440 g/mol. The molecule has 0 aliphatic rings. The van der Waals surface area contributed by atoms with Gasteiger partial charge >= 0.3 is 13.8 Å². The molecule has 0 aliphatic heterocycles. The highest BCUT2D eigenvalue weighted by Gasteiger charge is 2.36. The molecule has 3 heterocycles. The topological polar surface area (TPSA) is 138 Å². The van der Waals surface area contributed by atoms with Crippen LogP contribution in [0, 0.1) is 13.8 Å². The minimum Gasteiger partial charge on any atom is -0.324 e. The number of fused-ring (bicyclic) bond motifs is 3. The van der Waals surface area contributed by atoms with E-state index in [2.05, 4.69) is 20.2 Å². The fourth-order valence-corrected chi connectivity index (χ4v) is 3.90. The summed E-state index contributed by atoms with van der Waals surface area (Å²) in [5.41, 5.74) is -3.53. The van der Waals surface area contributed by atoms with E-state index in [0.717, 1.165) is 16.5 Å². The van der Waals surface area contributed by atoms with Crippen molar-refractivity contribution >= 4 is 24.3 Å². The summed E-state index contributed by atoms with van der Waals surface area (Å²) >= 11 is 0. The molecule has 4 rings (SSSR count). The Morgan fingerprint density at radius 2 is 1.87 bits per heavy atom. The lowest BCUT2D eigenvalue weighted by molar-refractivity contribution is -0.137. The Bertz CT molecular complexity index is 1450. The van der Waals surface area contributed by atoms with Crippen LogP contribution in [0.15, 0.2) is 23.1 Å². The molecule has 10 nitrogen and oxygen atoms in total. The molecule has 4 aromatic rings. The normalized spacial score (nSPS) is 13.9. The number of rotatable bonds is 3. The summed E-state index contributed by atoms with van der Waals surface area (Å²) in [6.45, 7) is 4.37. The number of benzene rings is 1. The van der Waals surface area contributed by atoms with E-state index in [1.807, 2.05) is 0 Å². The van der Waals surface area contributed by atoms with Crippen LogP contribution in [-0.4, -0.2) is 38.9 Å². The van der Waals surface area contributed by atoms with E-state index in [4.69, 9.17) is 0 Å². The van der Waals surface area contributed by atoms with E-state index in [1.54, 1.807) is 13.8 Å². The van der Waals surface area contributed by atoms with Crippen molar-refractivity contribution in [3.05, 3.63) is 51.6 Å². The van der Waals surface area contributed by atoms with E-state index in [0.29, 0.717) is 11.5 Å². The molecule has 3 aromatic heterocycles. The minimum absolute atomic E-state index is 0.0450. The first-order valence-corrected chi connectivity index (χ1v) is 10.6. The number of aromatic nitrogens is 6. The predicted molar refractivity (Wildman–Crippen MR) is 103 cm³/mol. The number of hydrogen-bond acceptors (Lipinski definition) is 5. The predicted octanol–water partition coefficient (Wildman–Crippen LogP) is 2.63. The van der Waals surface area contributed by atoms with Gasteiger partial charge in [-0.15, -0.1) is 10.2 Å². The zero-order valence-electron chi connectivity index (χ0n) is 16.3. The Morgan fingerprint density at radius 3 is 2.42 bits per heavy atom. The van der Waals surface area contributed by atoms with Crippen LogP contribution in [0.25, 0.3) is 22.4 Å². The van der Waals surface area contributed by atoms with Gasteiger partial charge in [-0.25, -0.2) is 4.98 Å². The van der Waals surface area contributed by atoms with Gasteiger partial charge in [0.25, 0.3) is 5.56 Å². The molecule has 164 valence electrons. The second kappa shape index (κ2) is 6.74. The Labute approximate surface area is 171 Å². The molecular formula is C17H16F3N6O4P. The first-order chi connectivity index (χ1) is 14.3. The monoisotopic (exact) mass is 456 g/mol. The van der Waals surface area contributed by atoms with Crippen molar-refractivity contribution in [1.29, 1.82) is 0 Å². The van der Waals surface area contributed by atoms with Gasteiger partial charge in [-0.2, -0.15) is 13.2 Å². The minimum atomic E-state index is -4.75. The number of hydrogen-bond donors (Lipinski definition) is 3. The van der Waals surface area contributed by atoms with Crippen molar-refractivity contribution in [2.45, 2.75) is 32.6 Å². The maximum absolute atomic E-state index is 13.9. The van der Waals surface area contributed by atoms with E-state index < -0.39 is 30.6 Å². The number of nitrogens with zero attached hydrogens (tertiary/aromatic N) is 5. The van der Waals surface area contributed by atoms with Gasteiger partial charge in [0, 0.05) is 6.20 Å². The number of imidazole rings is 1. The first-order valence-electron chi connectivity index (χ1n) is 8.89. The maximum atomic E-state index is 13.9. The van der Waals surface area contributed by atoms with Gasteiger partial charge in [-0.05, 0) is 32.9 Å². The molecule has 0 spiro atoms. The molecule has 0 bridgehead atoms. The molecule has 31 heavy (non-hydrogen) atoms. The Kier molecular flexibility index (Phi) is 4.61. The summed E-state index contributed by atoms with van der Waals surface area (Å²) in [4.78, 5) is 38.0. The third-order valence-corrected chi connectivity index (χ3v) is 6.18. The Morgan fingerprint density at radius 1 is 1.19 bits per heavy atom. The molecule has 3 N–H and O–H groups in total. The molecule has 1 aromatic carbocycles. The van der Waals surface area contributed by atoms with Gasteiger partial charge in [0.1, 0.15) is 11.5 Å². The number of aryl methyl sites for hydroxylation is 2. The van der Waals surface area contributed by atoms with E-state index in [-0.39, 0.29) is 28.2 Å². The third kappa shape index (κ3) is 3.44. The standard InChI is InChI=1S/C17H16F3N6O4P/c1-7-6-25(9(3)21-7)12-5-13-11(4-10(12)17(18,19)20)22-16(27)15-24-23-14(26(13)15)8(2)31(28,29)30/h4-6,8H,1-3H3,(H,22,27)(H2,28,29,30). The van der Waals surface area contributed by atoms with Gasteiger partial charge in [-0.1, -0.05) is 0 Å². The van der Waals surface area contributed by atoms with Crippen LogP contribution in [0.3, 0.4) is 0 Å². The molecule has 1 unspecified atom stereocenters. The lowest BCUT2D eigenvalue weighted by Gasteiger charge is -2.17. The van der Waals surface area contributed by atoms with Crippen LogP contribution in [0.2, 0.25) is 0 Å². The fourth-order valence-electron chi connectivity index (χ4n) is 3.43. The van der Waals surface area contributed by atoms with Crippen LogP contribution >= 0.6 is 7.60 Å². The van der Waals surface area contributed by atoms with Crippen LogP contribution in [0.4, 0.5) is 13.2 Å². The highest BCUT2D eigenvalue weighted by Crippen LogP contribution is 2.51. The Hall–Kier alpha value is -3.02. The van der Waals surface area contributed by atoms with Gasteiger partial charge < -0.3 is 19.3 Å². The summed E-state index contributed by atoms with van der Waals surface area (Å²) in [5.74, 6) is 0.0549. The summed E-state index contributed by atoms with van der Waals surface area (Å²) < 4.78 is 55.7. The van der Waals surface area contributed by atoms with Gasteiger partial charge in [0.05, 0.1) is 28.0 Å². The SMILES string of the molecule is Cc1cn(-c2cc3c(cc2C(F)(F)F)[nH]c(=O)c2nnc(C(C)P(=O)(O)O)n23)c(C)n1. The summed E-state index contributed by atoms with van der Waals surface area (Å²) in [6, 6.07) is 1.93. The van der Waals surface area contributed by atoms with Gasteiger partial charge in [0.2, 0.25) is 5.65 Å². The van der Waals surface area contributed by atoms with Gasteiger partial charge in [-0.3, -0.25) is 13.8 Å². The van der Waals surface area contributed by atoms with Crippen LogP contribution < -0.4 is 5.56 Å². The fraction of sp³-hybridized carbons (Fsp3) is 0.294. The average Bonchev–Trinajstić information content (AvgIpc) is 3.22. The highest BCUT2D eigenvalue weighted by molar-refractivity contribution is 7.52. The van der Waals surface area contributed by atoms with Crippen molar-refractivity contribution < 1.29 is 27.5 Å². The smallest absolute Gasteiger partial charge is 0.324 e. The summed E-state index contributed by atoms with van der Waals surface area (Å²) in [5, 5.41) is 7.41. The molecule has 0 saturated heterocycles. The first kappa shape index (κ1) is 21.2. The highest BCUT2D eigenvalue weighted by atomic mass is 31.2. The molecule has 0 aliphatic carbocycles. The molecule has 0 fully saturated rings. The lowest BCUT2D eigenvalue weighted by atomic mass is 10.1. The number of nitrogens with one attached hydrogen (secondary N) is 1. The van der Waals surface area contributed by atoms with Crippen LogP contribution in [0.1, 0.15) is 35.5 Å². The zero-order valence-corrected chi connectivity index (χ0v) is 17.2. The van der Waals surface area contributed by atoms with Gasteiger partial charge in [0.15, 0.2) is 5.82 Å². The maximum Gasteiger partial charge on any atom is 0.418 e. The number of halogens is 3. The number of H-pyrrole nitrogens is 1. The van der Waals surface area contributed by atoms with Crippen molar-refractivity contribution in [3.8, 4) is 5.69 Å². The quantitative estimate of drug-likeness (QED) is 0.403. The average molecular weight is 456 g/mol. The van der Waals surface area contributed by atoms with Crippen molar-refractivity contribution in [2.75, 3.05) is 0 Å². The van der Waals surface area contributed by atoms with Crippen molar-refractivity contribution in [2.24, 2.45) is 0 Å². The lowest BCUT2D eigenvalue weighted by Crippen LogP contribution is -2.16. The second-order valence-corrected chi connectivity index (χ2v) is 9.07. The zero-order chi connectivity index (χ0) is 22.9. The van der Waals surface area contributed by atoms with E-state index in [9.17, 15) is 32.3 Å². The molecule has 1 atom stereocenters. The molecule has 0 amide bonds. The van der Waals surface area contributed by atoms with Crippen molar-refractivity contribution in [1.82, 2.24) is 29.1 Å². The molecule has 14 heteroatoms. The third-order valence-electron chi connectivity index (χ3n) is 4.94. The van der Waals surface area contributed by atoms with E-state index >= 15 is 0 Å². The molecule has 0 saturated carbocycles. The van der Waals surface area contributed by atoms with Crippen LogP contribution in [0.5, 0.6) is 0 Å². The van der Waals surface area contributed by atoms with Crippen molar-refractivity contribution in [3.63, 3.8) is 0 Å². The van der Waals surface area contributed by atoms with E-state index in [1.165, 1.54) is 17.7 Å². The molecule has 0 radical (unpaired) electrons. The van der Waals surface area contributed by atoms with Crippen LogP contribution in [-0.2, 0) is 10.7 Å². The largest absolute Gasteiger partial charge is 0.418 e. The second-order valence-electron chi connectivity index (χ2n) is 7.12. The number of aromatic amines is 1. The number of alkyl halides is 3. The summed E-state index contributed by atoms with van der Waals surface area (Å²) in [6.07, 6.45) is -3.32.